The van der Waals surface area contributed by atoms with Crippen LogP contribution in [0, 0.1) is 26.6 Å². The summed E-state index contributed by atoms with van der Waals surface area (Å²) in [5.41, 5.74) is 9.00. The highest BCUT2D eigenvalue weighted by atomic mass is 19.1. The Hall–Kier alpha value is -2.92. The predicted octanol–water partition coefficient (Wildman–Crippen LogP) is 4.74. The number of aromatic nitrogens is 3. The molecule has 148 valence electrons. The normalized spacial score (nSPS) is 13.8. The Kier molecular flexibility index (Phi) is 4.10. The molecule has 1 aliphatic rings. The van der Waals surface area contributed by atoms with E-state index >= 15 is 4.39 Å². The molecule has 4 nitrogen and oxygen atoms in total. The maximum absolute atomic E-state index is 15.5. The first-order valence-corrected chi connectivity index (χ1v) is 10.1. The molecular formula is C24H25FN4. The van der Waals surface area contributed by atoms with Crippen LogP contribution in [0.5, 0.6) is 0 Å². The Balaban J connectivity index is 1.92. The van der Waals surface area contributed by atoms with Crippen molar-refractivity contribution in [3.05, 3.63) is 70.3 Å². The summed E-state index contributed by atoms with van der Waals surface area (Å²) in [7, 11) is 2.01. The fourth-order valence-corrected chi connectivity index (χ4v) is 4.78. The molecule has 0 amide bonds. The van der Waals surface area contributed by atoms with Gasteiger partial charge in [0.2, 0.25) is 0 Å². The molecule has 0 radical (unpaired) electrons. The minimum absolute atomic E-state index is 0.193. The van der Waals surface area contributed by atoms with Gasteiger partial charge in [0, 0.05) is 49.3 Å². The predicted molar refractivity (Wildman–Crippen MR) is 115 cm³/mol. The number of halogens is 1. The first kappa shape index (κ1) is 18.1. The maximum atomic E-state index is 15.5. The van der Waals surface area contributed by atoms with Crippen molar-refractivity contribution in [3.63, 3.8) is 0 Å². The van der Waals surface area contributed by atoms with Gasteiger partial charge in [-0.05, 0) is 49.6 Å². The molecule has 0 spiro atoms. The van der Waals surface area contributed by atoms with Crippen LogP contribution in [0.4, 0.5) is 4.39 Å². The van der Waals surface area contributed by atoms with Crippen molar-refractivity contribution >= 4 is 10.9 Å². The molecule has 5 rings (SSSR count). The van der Waals surface area contributed by atoms with E-state index in [0.717, 1.165) is 63.2 Å². The maximum Gasteiger partial charge on any atom is 0.133 e. The summed E-state index contributed by atoms with van der Waals surface area (Å²) >= 11 is 0. The highest BCUT2D eigenvalue weighted by molar-refractivity contribution is 5.98. The number of hydrogen-bond acceptors (Lipinski definition) is 2. The van der Waals surface area contributed by atoms with Gasteiger partial charge in [0.1, 0.15) is 5.82 Å². The van der Waals surface area contributed by atoms with E-state index in [9.17, 15) is 0 Å². The minimum Gasteiger partial charge on any atom is -0.350 e. The molecule has 1 N–H and O–H groups in total. The van der Waals surface area contributed by atoms with Crippen LogP contribution >= 0.6 is 0 Å². The van der Waals surface area contributed by atoms with Crippen molar-refractivity contribution in [3.8, 4) is 16.9 Å². The van der Waals surface area contributed by atoms with E-state index in [0.29, 0.717) is 12.1 Å². The molecule has 5 heteroatoms. The smallest absolute Gasteiger partial charge is 0.133 e. The molecule has 0 saturated heterocycles. The number of benzene rings is 2. The van der Waals surface area contributed by atoms with Gasteiger partial charge < -0.3 is 9.88 Å². The summed E-state index contributed by atoms with van der Waals surface area (Å²) in [5, 5.41) is 9.38. The lowest BCUT2D eigenvalue weighted by atomic mass is 9.97. The molecule has 3 heterocycles. The van der Waals surface area contributed by atoms with Crippen LogP contribution < -0.4 is 5.32 Å². The van der Waals surface area contributed by atoms with Gasteiger partial charge in [0.05, 0.1) is 22.6 Å². The Labute approximate surface area is 170 Å². The molecule has 4 aromatic rings. The van der Waals surface area contributed by atoms with E-state index in [1.807, 2.05) is 30.9 Å². The summed E-state index contributed by atoms with van der Waals surface area (Å²) in [4.78, 5) is 0. The number of nitrogens with zero attached hydrogens (tertiary/aromatic N) is 3. The average molecular weight is 388 g/mol. The summed E-state index contributed by atoms with van der Waals surface area (Å²) in [6.45, 7) is 7.75. The number of aryl methyl sites for hydroxylation is 4. The molecular weight excluding hydrogens is 363 g/mol. The Morgan fingerprint density at radius 1 is 1.07 bits per heavy atom. The Morgan fingerprint density at radius 2 is 1.83 bits per heavy atom. The molecule has 0 unspecified atom stereocenters. The molecule has 0 aliphatic carbocycles. The monoisotopic (exact) mass is 388 g/mol. The van der Waals surface area contributed by atoms with Crippen LogP contribution in [0.2, 0.25) is 0 Å². The van der Waals surface area contributed by atoms with Gasteiger partial charge in [0.25, 0.3) is 0 Å². The van der Waals surface area contributed by atoms with Crippen molar-refractivity contribution in [2.24, 2.45) is 7.05 Å². The topological polar surface area (TPSA) is 34.8 Å². The zero-order valence-corrected chi connectivity index (χ0v) is 17.3. The third-order valence-corrected chi connectivity index (χ3v) is 6.09. The van der Waals surface area contributed by atoms with Crippen molar-refractivity contribution in [2.75, 3.05) is 6.54 Å². The Bertz CT molecular complexity index is 1240. The second-order valence-electron chi connectivity index (χ2n) is 8.09. The van der Waals surface area contributed by atoms with Gasteiger partial charge in [-0.15, -0.1) is 0 Å². The lowest BCUT2D eigenvalue weighted by molar-refractivity contribution is 0.628. The van der Waals surface area contributed by atoms with Crippen molar-refractivity contribution in [1.82, 2.24) is 19.7 Å². The number of nitrogens with one attached hydrogen (secondary N) is 1. The molecule has 2 aromatic carbocycles. The van der Waals surface area contributed by atoms with E-state index < -0.39 is 0 Å². The van der Waals surface area contributed by atoms with Gasteiger partial charge in [-0.1, -0.05) is 18.2 Å². The standard InChI is InChI=1S/C24H25FN4/c1-14-6-5-7-15(2)22(14)29-24(18-13-26-10-8-20(18)27-29)21-17-9-11-28(4)23(17)16(3)12-19(21)25/h5-7,9,11-12,26H,8,10,13H2,1-4H3. The SMILES string of the molecule is Cc1cccc(C)c1-n1nc2c(c1-c1c(F)cc(C)c3c1ccn3C)CNCC2. The second kappa shape index (κ2) is 6.56. The van der Waals surface area contributed by atoms with Gasteiger partial charge in [-0.2, -0.15) is 5.10 Å². The van der Waals surface area contributed by atoms with E-state index in [-0.39, 0.29) is 5.82 Å². The van der Waals surface area contributed by atoms with Gasteiger partial charge >= 0.3 is 0 Å². The number of rotatable bonds is 2. The van der Waals surface area contributed by atoms with Crippen LogP contribution in [-0.2, 0) is 20.0 Å². The zero-order valence-electron chi connectivity index (χ0n) is 17.3. The van der Waals surface area contributed by atoms with Crippen LogP contribution in [-0.4, -0.2) is 20.9 Å². The summed E-state index contributed by atoms with van der Waals surface area (Å²) in [5.74, 6) is -0.193. The van der Waals surface area contributed by atoms with Crippen LogP contribution in [0.3, 0.4) is 0 Å². The van der Waals surface area contributed by atoms with E-state index in [1.165, 1.54) is 0 Å². The highest BCUT2D eigenvalue weighted by Gasteiger charge is 2.27. The molecule has 0 saturated carbocycles. The summed E-state index contributed by atoms with van der Waals surface area (Å²) in [6.07, 6.45) is 2.86. The van der Waals surface area contributed by atoms with Gasteiger partial charge in [0.15, 0.2) is 0 Å². The highest BCUT2D eigenvalue weighted by Crippen LogP contribution is 2.39. The third kappa shape index (κ3) is 2.64. The largest absolute Gasteiger partial charge is 0.350 e. The summed E-state index contributed by atoms with van der Waals surface area (Å²) in [6, 6.07) is 9.91. The molecule has 0 bridgehead atoms. The van der Waals surface area contributed by atoms with E-state index in [4.69, 9.17) is 5.10 Å². The second-order valence-corrected chi connectivity index (χ2v) is 8.09. The molecule has 0 atom stereocenters. The fraction of sp³-hybridized carbons (Fsp3) is 0.292. The molecule has 0 fully saturated rings. The molecule has 29 heavy (non-hydrogen) atoms. The van der Waals surface area contributed by atoms with E-state index in [2.05, 4.69) is 41.9 Å². The summed E-state index contributed by atoms with van der Waals surface area (Å²) < 4.78 is 19.6. The minimum atomic E-state index is -0.193. The average Bonchev–Trinajstić information content (AvgIpc) is 3.24. The van der Waals surface area contributed by atoms with Crippen molar-refractivity contribution in [1.29, 1.82) is 0 Å². The Morgan fingerprint density at radius 3 is 2.59 bits per heavy atom. The van der Waals surface area contributed by atoms with Crippen LogP contribution in [0.15, 0.2) is 36.5 Å². The van der Waals surface area contributed by atoms with E-state index in [1.54, 1.807) is 6.07 Å². The first-order valence-electron chi connectivity index (χ1n) is 10.1. The van der Waals surface area contributed by atoms with Crippen LogP contribution in [0.1, 0.15) is 27.9 Å². The quantitative estimate of drug-likeness (QED) is 0.538. The third-order valence-electron chi connectivity index (χ3n) is 6.09. The zero-order chi connectivity index (χ0) is 20.3. The van der Waals surface area contributed by atoms with Gasteiger partial charge in [-0.25, -0.2) is 9.07 Å². The molecule has 2 aromatic heterocycles. The van der Waals surface area contributed by atoms with Crippen LogP contribution in [0.25, 0.3) is 27.8 Å². The van der Waals surface area contributed by atoms with Crippen molar-refractivity contribution in [2.45, 2.75) is 33.7 Å². The van der Waals surface area contributed by atoms with Gasteiger partial charge in [-0.3, -0.25) is 0 Å². The first-order chi connectivity index (χ1) is 14.0. The lowest BCUT2D eigenvalue weighted by Crippen LogP contribution is -2.23. The number of fused-ring (bicyclic) bond motifs is 2. The number of para-hydroxylation sites is 1. The van der Waals surface area contributed by atoms with Crippen molar-refractivity contribution < 1.29 is 4.39 Å². The fourth-order valence-electron chi connectivity index (χ4n) is 4.78. The lowest BCUT2D eigenvalue weighted by Gasteiger charge is -2.17. The molecule has 1 aliphatic heterocycles. The number of hydrogen-bond donors (Lipinski definition) is 1.